The average molecular weight is 328 g/mol. The molecule has 0 spiro atoms. The number of fused-ring (bicyclic) bond motifs is 1. The third kappa shape index (κ3) is 2.54. The van der Waals surface area contributed by atoms with E-state index in [-0.39, 0.29) is 0 Å². The lowest BCUT2D eigenvalue weighted by Crippen LogP contribution is -2.27. The molecule has 104 valence electrons. The molecular formula is C14H18BrNO3. The lowest BCUT2D eigenvalue weighted by Gasteiger charge is -2.26. The number of ether oxygens (including phenoxy) is 2. The Morgan fingerprint density at radius 1 is 1.21 bits per heavy atom. The first kappa shape index (κ1) is 13.1. The fraction of sp³-hybridized carbons (Fsp3) is 0.571. The van der Waals surface area contributed by atoms with Gasteiger partial charge in [-0.2, -0.15) is 0 Å². The molecule has 0 radical (unpaired) electrons. The van der Waals surface area contributed by atoms with E-state index in [9.17, 15) is 5.11 Å². The quantitative estimate of drug-likeness (QED) is 0.832. The van der Waals surface area contributed by atoms with Crippen LogP contribution < -0.4 is 14.8 Å². The molecule has 0 unspecified atom stereocenters. The second-order valence-electron chi connectivity index (χ2n) is 5.02. The van der Waals surface area contributed by atoms with Crippen LogP contribution in [0.2, 0.25) is 0 Å². The Labute approximate surface area is 121 Å². The number of hydrogen-bond donors (Lipinski definition) is 2. The van der Waals surface area contributed by atoms with Crippen molar-refractivity contribution >= 4 is 15.9 Å². The summed E-state index contributed by atoms with van der Waals surface area (Å²) in [6, 6.07) is 1.81. The lowest BCUT2D eigenvalue weighted by molar-refractivity contribution is 0.294. The number of hydrogen-bond acceptors (Lipinski definition) is 4. The largest absolute Gasteiger partial charge is 0.506 e. The zero-order valence-corrected chi connectivity index (χ0v) is 12.3. The van der Waals surface area contributed by atoms with Crippen molar-refractivity contribution in [3.63, 3.8) is 0 Å². The van der Waals surface area contributed by atoms with Crippen molar-refractivity contribution in [3.8, 4) is 17.2 Å². The molecule has 2 aliphatic rings. The summed E-state index contributed by atoms with van der Waals surface area (Å²) in [5, 5.41) is 13.7. The fourth-order valence-electron chi connectivity index (χ4n) is 2.78. The molecule has 0 bridgehead atoms. The van der Waals surface area contributed by atoms with Gasteiger partial charge < -0.3 is 19.9 Å². The number of phenolic OH excluding ortho intramolecular Hbond substituents is 1. The van der Waals surface area contributed by atoms with Gasteiger partial charge in [-0.05, 0) is 47.8 Å². The number of aromatic hydroxyl groups is 1. The minimum absolute atomic E-state index is 0.302. The maximum atomic E-state index is 10.4. The highest BCUT2D eigenvalue weighted by atomic mass is 79.9. The molecule has 2 aliphatic heterocycles. The molecule has 2 N–H and O–H groups in total. The lowest BCUT2D eigenvalue weighted by atomic mass is 9.88. The molecule has 0 amide bonds. The summed E-state index contributed by atoms with van der Waals surface area (Å²) >= 11 is 3.42. The molecule has 0 aliphatic carbocycles. The Morgan fingerprint density at radius 2 is 1.95 bits per heavy atom. The molecule has 1 aromatic carbocycles. The van der Waals surface area contributed by atoms with E-state index in [4.69, 9.17) is 9.47 Å². The standard InChI is InChI=1S/C14H18BrNO3/c15-10-8-11-14(19-7-1-6-18-11)12(13(10)17)9-2-4-16-5-3-9/h8-9,16-17H,1-7H2. The van der Waals surface area contributed by atoms with Crippen LogP contribution in [0.15, 0.2) is 10.5 Å². The van der Waals surface area contributed by atoms with Crippen LogP contribution in [0.5, 0.6) is 17.2 Å². The van der Waals surface area contributed by atoms with E-state index in [1.165, 1.54) is 0 Å². The second kappa shape index (κ2) is 5.59. The van der Waals surface area contributed by atoms with Gasteiger partial charge in [-0.3, -0.25) is 0 Å². The van der Waals surface area contributed by atoms with Gasteiger partial charge in [0.05, 0.1) is 17.7 Å². The van der Waals surface area contributed by atoms with Crippen molar-refractivity contribution in [2.75, 3.05) is 26.3 Å². The highest BCUT2D eigenvalue weighted by Crippen LogP contribution is 2.48. The van der Waals surface area contributed by atoms with Gasteiger partial charge in [0.2, 0.25) is 0 Å². The van der Waals surface area contributed by atoms with Crippen molar-refractivity contribution in [1.29, 1.82) is 0 Å². The SMILES string of the molecule is Oc1c(Br)cc2c(c1C1CCNCC1)OCCCO2. The monoisotopic (exact) mass is 327 g/mol. The number of halogens is 1. The van der Waals surface area contributed by atoms with Crippen molar-refractivity contribution in [1.82, 2.24) is 5.32 Å². The normalized spacial score (nSPS) is 20.1. The van der Waals surface area contributed by atoms with Gasteiger partial charge in [-0.1, -0.05) is 0 Å². The topological polar surface area (TPSA) is 50.7 Å². The van der Waals surface area contributed by atoms with Crippen molar-refractivity contribution in [2.45, 2.75) is 25.2 Å². The number of nitrogens with one attached hydrogen (secondary N) is 1. The van der Waals surface area contributed by atoms with Gasteiger partial charge in [0.15, 0.2) is 11.5 Å². The minimum atomic E-state index is 0.302. The Balaban J connectivity index is 2.07. The zero-order valence-electron chi connectivity index (χ0n) is 10.7. The van der Waals surface area contributed by atoms with E-state index in [2.05, 4.69) is 21.2 Å². The summed E-state index contributed by atoms with van der Waals surface area (Å²) in [6.07, 6.45) is 2.90. The van der Waals surface area contributed by atoms with E-state index < -0.39 is 0 Å². The van der Waals surface area contributed by atoms with Gasteiger partial charge in [-0.15, -0.1) is 0 Å². The van der Waals surface area contributed by atoms with Crippen LogP contribution in [0.4, 0.5) is 0 Å². The van der Waals surface area contributed by atoms with E-state index in [1.54, 1.807) is 6.07 Å². The molecule has 1 aromatic rings. The Kier molecular flexibility index (Phi) is 3.84. The van der Waals surface area contributed by atoms with Crippen LogP contribution in [0.25, 0.3) is 0 Å². The average Bonchev–Trinajstić information content (AvgIpc) is 2.66. The van der Waals surface area contributed by atoms with Crippen molar-refractivity contribution < 1.29 is 14.6 Å². The van der Waals surface area contributed by atoms with Gasteiger partial charge in [0.25, 0.3) is 0 Å². The Hall–Kier alpha value is -0.940. The van der Waals surface area contributed by atoms with Crippen LogP contribution in [-0.4, -0.2) is 31.4 Å². The predicted octanol–water partition coefficient (Wildman–Crippen LogP) is 2.78. The molecule has 4 nitrogen and oxygen atoms in total. The minimum Gasteiger partial charge on any atom is -0.506 e. The first-order valence-corrected chi connectivity index (χ1v) is 7.58. The summed E-state index contributed by atoms with van der Waals surface area (Å²) in [7, 11) is 0. The molecule has 0 atom stereocenters. The molecular weight excluding hydrogens is 310 g/mol. The van der Waals surface area contributed by atoms with E-state index in [1.807, 2.05) is 0 Å². The molecule has 0 saturated carbocycles. The number of rotatable bonds is 1. The van der Waals surface area contributed by atoms with Gasteiger partial charge in [-0.25, -0.2) is 0 Å². The van der Waals surface area contributed by atoms with Gasteiger partial charge in [0, 0.05) is 18.1 Å². The molecule has 19 heavy (non-hydrogen) atoms. The molecule has 5 heteroatoms. The fourth-order valence-corrected chi connectivity index (χ4v) is 3.20. The predicted molar refractivity (Wildman–Crippen MR) is 76.3 cm³/mol. The molecule has 1 fully saturated rings. The molecule has 0 aromatic heterocycles. The second-order valence-corrected chi connectivity index (χ2v) is 5.88. The smallest absolute Gasteiger partial charge is 0.168 e. The van der Waals surface area contributed by atoms with Crippen LogP contribution >= 0.6 is 15.9 Å². The maximum Gasteiger partial charge on any atom is 0.168 e. The number of piperidine rings is 1. The van der Waals surface area contributed by atoms with Crippen LogP contribution in [-0.2, 0) is 0 Å². The van der Waals surface area contributed by atoms with Crippen LogP contribution in [0, 0.1) is 0 Å². The van der Waals surface area contributed by atoms with E-state index >= 15 is 0 Å². The highest BCUT2D eigenvalue weighted by molar-refractivity contribution is 9.10. The Morgan fingerprint density at radius 3 is 2.74 bits per heavy atom. The third-order valence-electron chi connectivity index (χ3n) is 3.75. The highest BCUT2D eigenvalue weighted by Gasteiger charge is 2.28. The molecule has 2 heterocycles. The Bertz CT molecular complexity index is 472. The first-order chi connectivity index (χ1) is 9.27. The summed E-state index contributed by atoms with van der Waals surface area (Å²) in [6.45, 7) is 3.26. The van der Waals surface area contributed by atoms with Gasteiger partial charge in [0.1, 0.15) is 5.75 Å². The molecule has 1 saturated heterocycles. The third-order valence-corrected chi connectivity index (χ3v) is 4.35. The van der Waals surface area contributed by atoms with Crippen molar-refractivity contribution in [2.24, 2.45) is 0 Å². The summed E-state index contributed by atoms with van der Waals surface area (Å²) in [5.74, 6) is 2.12. The number of benzene rings is 1. The summed E-state index contributed by atoms with van der Waals surface area (Å²) in [4.78, 5) is 0. The first-order valence-electron chi connectivity index (χ1n) is 6.79. The van der Waals surface area contributed by atoms with Gasteiger partial charge >= 0.3 is 0 Å². The van der Waals surface area contributed by atoms with E-state index in [0.29, 0.717) is 29.4 Å². The van der Waals surface area contributed by atoms with Crippen LogP contribution in [0.1, 0.15) is 30.7 Å². The maximum absolute atomic E-state index is 10.4. The van der Waals surface area contributed by atoms with Crippen molar-refractivity contribution in [3.05, 3.63) is 16.1 Å². The molecule has 3 rings (SSSR count). The summed E-state index contributed by atoms with van der Waals surface area (Å²) in [5.41, 5.74) is 0.910. The zero-order chi connectivity index (χ0) is 13.2. The van der Waals surface area contributed by atoms with E-state index in [0.717, 1.165) is 49.4 Å². The number of phenols is 1. The van der Waals surface area contributed by atoms with Crippen LogP contribution in [0.3, 0.4) is 0 Å². The summed E-state index contributed by atoms with van der Waals surface area (Å²) < 4.78 is 12.3.